The zero-order valence-corrected chi connectivity index (χ0v) is 16.2. The molecule has 4 atom stereocenters. The second-order valence-electron chi connectivity index (χ2n) is 8.53. The van der Waals surface area contributed by atoms with Crippen molar-refractivity contribution in [2.45, 2.75) is 51.5 Å². The van der Waals surface area contributed by atoms with E-state index in [1.165, 1.54) is 12.0 Å². The Hall–Kier alpha value is -0.910. The second-order valence-corrected chi connectivity index (χ2v) is 10.4. The van der Waals surface area contributed by atoms with Gasteiger partial charge in [0, 0.05) is 19.6 Å². The maximum Gasteiger partial charge on any atom is 0.282 e. The lowest BCUT2D eigenvalue weighted by atomic mass is 9.63. The summed E-state index contributed by atoms with van der Waals surface area (Å²) in [4.78, 5) is 0. The van der Waals surface area contributed by atoms with E-state index in [0.29, 0.717) is 37.4 Å². The molecule has 0 unspecified atom stereocenters. The standard InChI is InChI=1S/C20H30N2O2S/c1-16-12-17(2)14-21(13-16)25(23,24)22-15-19-10-6-7-11-20(19,22)18-8-4-3-5-9-18/h3-5,8-9,16-17,19H,6-7,10-15H2,1-2H3/t16-,17+,19-,20-/m0/s1. The van der Waals surface area contributed by atoms with E-state index in [4.69, 9.17) is 0 Å². The van der Waals surface area contributed by atoms with E-state index in [2.05, 4.69) is 26.0 Å². The van der Waals surface area contributed by atoms with Crippen molar-refractivity contribution >= 4 is 10.2 Å². The van der Waals surface area contributed by atoms with Crippen LogP contribution >= 0.6 is 0 Å². The van der Waals surface area contributed by atoms with Gasteiger partial charge in [-0.15, -0.1) is 0 Å². The van der Waals surface area contributed by atoms with Crippen molar-refractivity contribution in [3.8, 4) is 0 Å². The van der Waals surface area contributed by atoms with Gasteiger partial charge < -0.3 is 0 Å². The molecule has 1 aromatic carbocycles. The maximum atomic E-state index is 13.5. The number of hydrogen-bond donors (Lipinski definition) is 0. The number of piperidine rings is 1. The molecule has 4 rings (SSSR count). The van der Waals surface area contributed by atoms with Crippen molar-refractivity contribution in [2.75, 3.05) is 19.6 Å². The molecular weight excluding hydrogens is 332 g/mol. The van der Waals surface area contributed by atoms with Gasteiger partial charge in [0.05, 0.1) is 5.54 Å². The average molecular weight is 363 g/mol. The Morgan fingerprint density at radius 1 is 1.00 bits per heavy atom. The molecule has 1 saturated carbocycles. The molecule has 5 heteroatoms. The van der Waals surface area contributed by atoms with E-state index < -0.39 is 10.2 Å². The minimum Gasteiger partial charge on any atom is -0.195 e. The summed E-state index contributed by atoms with van der Waals surface area (Å²) in [5.41, 5.74) is 0.884. The molecular formula is C20H30N2O2S. The third kappa shape index (κ3) is 2.75. The Kier molecular flexibility index (Phi) is 4.45. The highest BCUT2D eigenvalue weighted by molar-refractivity contribution is 7.86. The summed E-state index contributed by atoms with van der Waals surface area (Å²) in [6.07, 6.45) is 5.57. The average Bonchev–Trinajstić information content (AvgIpc) is 2.56. The minimum absolute atomic E-state index is 0.303. The van der Waals surface area contributed by atoms with E-state index in [1.807, 2.05) is 22.5 Å². The fourth-order valence-corrected chi connectivity index (χ4v) is 7.82. The summed E-state index contributed by atoms with van der Waals surface area (Å²) in [6, 6.07) is 10.4. The van der Waals surface area contributed by atoms with Gasteiger partial charge >= 0.3 is 0 Å². The van der Waals surface area contributed by atoms with E-state index in [9.17, 15) is 8.42 Å². The maximum absolute atomic E-state index is 13.5. The number of nitrogens with zero attached hydrogens (tertiary/aromatic N) is 2. The molecule has 138 valence electrons. The van der Waals surface area contributed by atoms with Crippen LogP contribution in [0.4, 0.5) is 0 Å². The van der Waals surface area contributed by atoms with Crippen LogP contribution in [0.2, 0.25) is 0 Å². The SMILES string of the molecule is C[C@@H]1C[C@H](C)CN(S(=O)(=O)N2C[C@@H]3CCCC[C@]32c2ccccc2)C1. The van der Waals surface area contributed by atoms with Crippen LogP contribution in [-0.4, -0.2) is 36.7 Å². The predicted octanol–water partition coefficient (Wildman–Crippen LogP) is 3.61. The smallest absolute Gasteiger partial charge is 0.195 e. The first-order chi connectivity index (χ1) is 11.9. The van der Waals surface area contributed by atoms with Crippen LogP contribution in [0.25, 0.3) is 0 Å². The van der Waals surface area contributed by atoms with Crippen molar-refractivity contribution < 1.29 is 8.42 Å². The Bertz CT molecular complexity index is 710. The molecule has 1 aliphatic carbocycles. The van der Waals surface area contributed by atoms with Crippen LogP contribution in [-0.2, 0) is 15.7 Å². The molecule has 2 saturated heterocycles. The Morgan fingerprint density at radius 2 is 1.68 bits per heavy atom. The van der Waals surface area contributed by atoms with Crippen molar-refractivity contribution in [3.05, 3.63) is 35.9 Å². The van der Waals surface area contributed by atoms with Crippen molar-refractivity contribution in [1.29, 1.82) is 0 Å². The van der Waals surface area contributed by atoms with E-state index in [0.717, 1.165) is 25.7 Å². The highest BCUT2D eigenvalue weighted by Gasteiger charge is 2.60. The summed E-state index contributed by atoms with van der Waals surface area (Å²) in [5, 5.41) is 0. The fraction of sp³-hybridized carbons (Fsp3) is 0.700. The van der Waals surface area contributed by atoms with Crippen molar-refractivity contribution in [3.63, 3.8) is 0 Å². The molecule has 1 aromatic rings. The van der Waals surface area contributed by atoms with Crippen LogP contribution in [0.15, 0.2) is 30.3 Å². The molecule has 4 nitrogen and oxygen atoms in total. The highest BCUT2D eigenvalue weighted by Crippen LogP contribution is 2.55. The summed E-state index contributed by atoms with van der Waals surface area (Å²) in [5.74, 6) is 1.35. The first-order valence-electron chi connectivity index (χ1n) is 9.78. The lowest BCUT2D eigenvalue weighted by molar-refractivity contribution is -0.0556. The van der Waals surface area contributed by atoms with Gasteiger partial charge in [-0.3, -0.25) is 0 Å². The third-order valence-corrected chi connectivity index (χ3v) is 8.56. The van der Waals surface area contributed by atoms with Gasteiger partial charge in [0.25, 0.3) is 10.2 Å². The summed E-state index contributed by atoms with van der Waals surface area (Å²) in [7, 11) is -3.40. The lowest BCUT2D eigenvalue weighted by Gasteiger charge is -2.61. The summed E-state index contributed by atoms with van der Waals surface area (Å²) < 4.78 is 30.7. The lowest BCUT2D eigenvalue weighted by Crippen LogP contribution is -2.70. The largest absolute Gasteiger partial charge is 0.282 e. The van der Waals surface area contributed by atoms with Gasteiger partial charge in [0.1, 0.15) is 0 Å². The van der Waals surface area contributed by atoms with E-state index >= 15 is 0 Å². The van der Waals surface area contributed by atoms with Crippen molar-refractivity contribution in [1.82, 2.24) is 8.61 Å². The molecule has 0 bridgehead atoms. The van der Waals surface area contributed by atoms with Crippen LogP contribution in [0, 0.1) is 17.8 Å². The highest BCUT2D eigenvalue weighted by atomic mass is 32.2. The molecule has 0 radical (unpaired) electrons. The monoisotopic (exact) mass is 362 g/mol. The first kappa shape index (κ1) is 17.5. The van der Waals surface area contributed by atoms with Gasteiger partial charge in [0.15, 0.2) is 0 Å². The quantitative estimate of drug-likeness (QED) is 0.824. The number of rotatable bonds is 3. The molecule has 0 amide bonds. The first-order valence-corrected chi connectivity index (χ1v) is 11.2. The topological polar surface area (TPSA) is 40.6 Å². The van der Waals surface area contributed by atoms with Crippen LogP contribution < -0.4 is 0 Å². The Morgan fingerprint density at radius 3 is 2.32 bits per heavy atom. The number of benzene rings is 1. The predicted molar refractivity (Wildman–Crippen MR) is 100 cm³/mol. The van der Waals surface area contributed by atoms with Crippen molar-refractivity contribution in [2.24, 2.45) is 17.8 Å². The van der Waals surface area contributed by atoms with Crippen LogP contribution in [0.3, 0.4) is 0 Å². The van der Waals surface area contributed by atoms with Gasteiger partial charge in [-0.05, 0) is 42.6 Å². The van der Waals surface area contributed by atoms with Crippen LogP contribution in [0.5, 0.6) is 0 Å². The van der Waals surface area contributed by atoms with Crippen LogP contribution in [0.1, 0.15) is 51.5 Å². The fourth-order valence-electron chi connectivity index (χ4n) is 5.53. The second kappa shape index (κ2) is 6.36. The minimum atomic E-state index is -3.40. The van der Waals surface area contributed by atoms with Gasteiger partial charge in [-0.25, -0.2) is 0 Å². The zero-order chi connectivity index (χ0) is 17.7. The third-order valence-electron chi connectivity index (χ3n) is 6.58. The number of fused-ring (bicyclic) bond motifs is 1. The number of hydrogen-bond acceptors (Lipinski definition) is 2. The Labute approximate surface area is 152 Å². The Balaban J connectivity index is 1.69. The molecule has 2 aliphatic heterocycles. The normalized spacial score (nSPS) is 37.3. The molecule has 0 spiro atoms. The van der Waals surface area contributed by atoms with Gasteiger partial charge in [-0.2, -0.15) is 17.0 Å². The molecule has 2 heterocycles. The van der Waals surface area contributed by atoms with Gasteiger partial charge in [-0.1, -0.05) is 57.0 Å². The van der Waals surface area contributed by atoms with E-state index in [1.54, 1.807) is 4.31 Å². The molecule has 0 aromatic heterocycles. The summed E-state index contributed by atoms with van der Waals surface area (Å²) in [6.45, 7) is 6.36. The molecule has 0 N–H and O–H groups in total. The molecule has 3 aliphatic rings. The zero-order valence-electron chi connectivity index (χ0n) is 15.4. The molecule has 25 heavy (non-hydrogen) atoms. The summed E-state index contributed by atoms with van der Waals surface area (Å²) >= 11 is 0. The molecule has 3 fully saturated rings. The van der Waals surface area contributed by atoms with Gasteiger partial charge in [0.2, 0.25) is 0 Å². The van der Waals surface area contributed by atoms with E-state index in [-0.39, 0.29) is 5.54 Å².